The Balaban J connectivity index is 1.50. The topological polar surface area (TPSA) is 91.8 Å². The molecule has 136 valence electrons. The van der Waals surface area contributed by atoms with Gasteiger partial charge in [0.25, 0.3) is 0 Å². The quantitative estimate of drug-likeness (QED) is 0.681. The van der Waals surface area contributed by atoms with Crippen LogP contribution >= 0.6 is 11.6 Å². The molecule has 0 fully saturated rings. The van der Waals surface area contributed by atoms with Crippen LogP contribution in [0.4, 0.5) is 10.1 Å². The minimum atomic E-state index is -0.622. The van der Waals surface area contributed by atoms with Crippen molar-refractivity contribution in [1.29, 1.82) is 5.26 Å². The Morgan fingerprint density at radius 3 is 2.78 bits per heavy atom. The lowest BCUT2D eigenvalue weighted by molar-refractivity contribution is -0.116. The Hall–Kier alpha value is -3.24. The standard InChI is InChI=1S/C19H14ClFN4O2/c20-14-6-4-12(5-7-14)19-24-18(27-25-19)3-1-2-17(26)23-15-8-9-16(21)13(10-15)11-22/h4-10H,1-3H2,(H,23,26). The zero-order valence-corrected chi connectivity index (χ0v) is 14.8. The van der Waals surface area contributed by atoms with Crippen LogP contribution in [0.15, 0.2) is 47.0 Å². The molecule has 0 bridgehead atoms. The largest absolute Gasteiger partial charge is 0.339 e. The van der Waals surface area contributed by atoms with Crippen LogP contribution in [-0.2, 0) is 11.2 Å². The van der Waals surface area contributed by atoms with Gasteiger partial charge in [0.1, 0.15) is 11.9 Å². The zero-order chi connectivity index (χ0) is 19.2. The van der Waals surface area contributed by atoms with E-state index in [0.717, 1.165) is 11.6 Å². The number of nitriles is 1. The highest BCUT2D eigenvalue weighted by Gasteiger charge is 2.10. The number of hydrogen-bond donors (Lipinski definition) is 1. The average molecular weight is 385 g/mol. The van der Waals surface area contributed by atoms with Crippen LogP contribution in [0.2, 0.25) is 5.02 Å². The van der Waals surface area contributed by atoms with Crippen LogP contribution in [0, 0.1) is 17.1 Å². The second kappa shape index (κ2) is 8.43. The van der Waals surface area contributed by atoms with Crippen molar-refractivity contribution in [3.63, 3.8) is 0 Å². The highest BCUT2D eigenvalue weighted by atomic mass is 35.5. The number of hydrogen-bond acceptors (Lipinski definition) is 5. The first-order valence-corrected chi connectivity index (χ1v) is 8.51. The lowest BCUT2D eigenvalue weighted by Gasteiger charge is -2.05. The van der Waals surface area contributed by atoms with E-state index in [1.54, 1.807) is 30.3 Å². The van der Waals surface area contributed by atoms with Crippen molar-refractivity contribution in [1.82, 2.24) is 10.1 Å². The Morgan fingerprint density at radius 1 is 1.26 bits per heavy atom. The second-order valence-corrected chi connectivity index (χ2v) is 6.16. The molecule has 6 nitrogen and oxygen atoms in total. The van der Waals surface area contributed by atoms with E-state index in [-0.39, 0.29) is 17.9 Å². The van der Waals surface area contributed by atoms with Crippen molar-refractivity contribution >= 4 is 23.2 Å². The van der Waals surface area contributed by atoms with Gasteiger partial charge in [0.2, 0.25) is 17.6 Å². The van der Waals surface area contributed by atoms with E-state index in [1.807, 2.05) is 0 Å². The number of nitrogens with one attached hydrogen (secondary N) is 1. The van der Waals surface area contributed by atoms with Crippen molar-refractivity contribution in [2.24, 2.45) is 0 Å². The molecule has 1 N–H and O–H groups in total. The van der Waals surface area contributed by atoms with Crippen LogP contribution in [0.25, 0.3) is 11.4 Å². The van der Waals surface area contributed by atoms with Gasteiger partial charge in [0, 0.05) is 29.1 Å². The smallest absolute Gasteiger partial charge is 0.226 e. The number of nitrogens with zero attached hydrogens (tertiary/aromatic N) is 3. The summed E-state index contributed by atoms with van der Waals surface area (Å²) in [5, 5.41) is 16.0. The summed E-state index contributed by atoms with van der Waals surface area (Å²) >= 11 is 5.85. The third-order valence-corrected chi connectivity index (χ3v) is 3.99. The highest BCUT2D eigenvalue weighted by molar-refractivity contribution is 6.30. The van der Waals surface area contributed by atoms with Crippen LogP contribution in [0.5, 0.6) is 0 Å². The van der Waals surface area contributed by atoms with E-state index in [9.17, 15) is 9.18 Å². The lowest BCUT2D eigenvalue weighted by atomic mass is 10.2. The first-order valence-electron chi connectivity index (χ1n) is 8.13. The molecule has 0 saturated carbocycles. The van der Waals surface area contributed by atoms with E-state index in [0.29, 0.717) is 35.3 Å². The SMILES string of the molecule is N#Cc1cc(NC(=O)CCCc2nc(-c3ccc(Cl)cc3)no2)ccc1F. The third kappa shape index (κ3) is 4.90. The average Bonchev–Trinajstić information content (AvgIpc) is 3.13. The molecule has 0 aliphatic carbocycles. The van der Waals surface area contributed by atoms with Gasteiger partial charge in [-0.15, -0.1) is 0 Å². The lowest BCUT2D eigenvalue weighted by Crippen LogP contribution is -2.11. The molecule has 3 rings (SSSR count). The number of aryl methyl sites for hydroxylation is 1. The van der Waals surface area contributed by atoms with Crippen LogP contribution in [-0.4, -0.2) is 16.0 Å². The van der Waals surface area contributed by atoms with Gasteiger partial charge in [0.15, 0.2) is 0 Å². The van der Waals surface area contributed by atoms with Gasteiger partial charge < -0.3 is 9.84 Å². The Labute approximate surface area is 159 Å². The van der Waals surface area contributed by atoms with E-state index in [2.05, 4.69) is 15.5 Å². The summed E-state index contributed by atoms with van der Waals surface area (Å²) in [6.07, 6.45) is 1.17. The minimum absolute atomic E-state index is 0.117. The van der Waals surface area contributed by atoms with E-state index in [4.69, 9.17) is 21.4 Å². The maximum absolute atomic E-state index is 13.3. The minimum Gasteiger partial charge on any atom is -0.339 e. The number of halogens is 2. The number of benzene rings is 2. The molecule has 0 radical (unpaired) electrons. The van der Waals surface area contributed by atoms with Crippen molar-refractivity contribution in [3.8, 4) is 17.5 Å². The highest BCUT2D eigenvalue weighted by Crippen LogP contribution is 2.19. The van der Waals surface area contributed by atoms with Gasteiger partial charge in [-0.3, -0.25) is 4.79 Å². The predicted octanol–water partition coefficient (Wildman–Crippen LogP) is 4.36. The van der Waals surface area contributed by atoms with Crippen molar-refractivity contribution in [3.05, 3.63) is 64.8 Å². The molecule has 8 heteroatoms. The maximum atomic E-state index is 13.3. The van der Waals surface area contributed by atoms with Crippen LogP contribution in [0.1, 0.15) is 24.3 Å². The molecule has 2 aromatic carbocycles. The summed E-state index contributed by atoms with van der Waals surface area (Å²) in [4.78, 5) is 16.3. The first kappa shape index (κ1) is 18.5. The molecule has 27 heavy (non-hydrogen) atoms. The summed E-state index contributed by atoms with van der Waals surface area (Å²) in [6.45, 7) is 0. The third-order valence-electron chi connectivity index (χ3n) is 3.74. The number of aromatic nitrogens is 2. The van der Waals surface area contributed by atoms with Gasteiger partial charge in [-0.1, -0.05) is 16.8 Å². The first-order chi connectivity index (χ1) is 13.0. The number of rotatable bonds is 6. The number of amides is 1. The van der Waals surface area contributed by atoms with E-state index in [1.165, 1.54) is 12.1 Å². The summed E-state index contributed by atoms with van der Waals surface area (Å²) < 4.78 is 18.5. The number of carbonyl (C=O) groups excluding carboxylic acids is 1. The summed E-state index contributed by atoms with van der Waals surface area (Å²) in [7, 11) is 0. The molecule has 0 aliphatic heterocycles. The van der Waals surface area contributed by atoms with Crippen molar-refractivity contribution in [2.75, 3.05) is 5.32 Å². The van der Waals surface area contributed by atoms with E-state index < -0.39 is 5.82 Å². The van der Waals surface area contributed by atoms with Crippen LogP contribution in [0.3, 0.4) is 0 Å². The predicted molar refractivity (Wildman–Crippen MR) is 97.4 cm³/mol. The molecule has 3 aromatic rings. The molecular formula is C19H14ClFN4O2. The summed E-state index contributed by atoms with van der Waals surface area (Å²) in [5.41, 5.74) is 1.05. The zero-order valence-electron chi connectivity index (χ0n) is 14.1. The Bertz CT molecular complexity index is 996. The van der Waals surface area contributed by atoms with Crippen molar-refractivity contribution in [2.45, 2.75) is 19.3 Å². The van der Waals surface area contributed by atoms with Crippen molar-refractivity contribution < 1.29 is 13.7 Å². The van der Waals surface area contributed by atoms with E-state index >= 15 is 0 Å². The van der Waals surface area contributed by atoms with Gasteiger partial charge in [-0.25, -0.2) is 4.39 Å². The molecule has 0 spiro atoms. The van der Waals surface area contributed by atoms with Crippen LogP contribution < -0.4 is 5.32 Å². The van der Waals surface area contributed by atoms with Gasteiger partial charge in [-0.05, 0) is 48.9 Å². The fourth-order valence-electron chi connectivity index (χ4n) is 2.38. The van der Waals surface area contributed by atoms with Gasteiger partial charge in [0.05, 0.1) is 5.56 Å². The second-order valence-electron chi connectivity index (χ2n) is 5.73. The molecule has 0 unspecified atom stereocenters. The molecule has 1 aromatic heterocycles. The molecule has 1 heterocycles. The molecule has 0 aliphatic rings. The Kier molecular flexibility index (Phi) is 5.79. The molecule has 0 saturated heterocycles. The number of anilines is 1. The number of carbonyl (C=O) groups is 1. The van der Waals surface area contributed by atoms with Gasteiger partial charge in [-0.2, -0.15) is 10.2 Å². The van der Waals surface area contributed by atoms with Gasteiger partial charge >= 0.3 is 0 Å². The normalized spacial score (nSPS) is 10.4. The summed E-state index contributed by atoms with van der Waals surface area (Å²) in [6, 6.07) is 12.6. The fraction of sp³-hybridized carbons (Fsp3) is 0.158. The summed E-state index contributed by atoms with van der Waals surface area (Å²) in [5.74, 6) is 0.0223. The fourth-order valence-corrected chi connectivity index (χ4v) is 2.51. The molecule has 0 atom stereocenters. The molecule has 1 amide bonds. The Morgan fingerprint density at radius 2 is 2.04 bits per heavy atom. The molecular weight excluding hydrogens is 371 g/mol. The maximum Gasteiger partial charge on any atom is 0.226 e. The monoisotopic (exact) mass is 384 g/mol.